The third kappa shape index (κ3) is 10.7. The van der Waals surface area contributed by atoms with E-state index in [9.17, 15) is 9.18 Å². The van der Waals surface area contributed by atoms with Crippen molar-refractivity contribution in [2.75, 3.05) is 12.3 Å². The van der Waals surface area contributed by atoms with Crippen LogP contribution in [0.2, 0.25) is 0 Å². The molecule has 1 saturated heterocycles. The molecule has 2 aliphatic heterocycles. The van der Waals surface area contributed by atoms with E-state index in [1.54, 1.807) is 18.3 Å². The number of nitrogens with two attached hydrogens (primary N) is 1. The van der Waals surface area contributed by atoms with E-state index in [2.05, 4.69) is 67.8 Å². The van der Waals surface area contributed by atoms with Gasteiger partial charge in [-0.3, -0.25) is 4.79 Å². The van der Waals surface area contributed by atoms with Gasteiger partial charge in [-0.1, -0.05) is 34.1 Å². The van der Waals surface area contributed by atoms with Gasteiger partial charge in [0, 0.05) is 27.7 Å². The number of nitrogen functional groups attached to an aromatic ring is 1. The average Bonchev–Trinajstić information content (AvgIpc) is 4.15. The lowest BCUT2D eigenvalue weighted by atomic mass is 9.79. The Hall–Kier alpha value is -4.78. The van der Waals surface area contributed by atoms with Gasteiger partial charge in [0.25, 0.3) is 5.91 Å². The van der Waals surface area contributed by atoms with Crippen LogP contribution in [0.15, 0.2) is 102 Å². The Morgan fingerprint density at radius 2 is 1.36 bits per heavy atom. The number of carbonyl (C=O) groups is 1. The zero-order valence-corrected chi connectivity index (χ0v) is 36.2. The van der Waals surface area contributed by atoms with Crippen LogP contribution in [0.4, 0.5) is 10.2 Å². The molecule has 2 unspecified atom stereocenters. The predicted molar refractivity (Wildman–Crippen MR) is 235 cm³/mol. The predicted octanol–water partition coefficient (Wildman–Crippen LogP) is 9.61. The topological polar surface area (TPSA) is 118 Å². The van der Waals surface area contributed by atoms with E-state index in [1.165, 1.54) is 37.8 Å². The summed E-state index contributed by atoms with van der Waals surface area (Å²) >= 11 is 3.18. The van der Waals surface area contributed by atoms with E-state index in [4.69, 9.17) is 29.5 Å². The second-order valence-corrected chi connectivity index (χ2v) is 17.7. The maximum atomic E-state index is 12.1. The number of benzene rings is 4. The second kappa shape index (κ2) is 17.8. The van der Waals surface area contributed by atoms with Gasteiger partial charge in [0.1, 0.15) is 28.8 Å². The van der Waals surface area contributed by atoms with Crippen molar-refractivity contribution in [1.29, 1.82) is 0 Å². The number of hydrogen-bond acceptors (Lipinski definition) is 8. The maximum Gasteiger partial charge on any atom is 0.494 e. The Kier molecular flexibility index (Phi) is 12.8. The number of fused-ring (bicyclic) bond motifs is 1. The molecule has 1 amide bonds. The smallest absolute Gasteiger partial charge is 0.490 e. The van der Waals surface area contributed by atoms with Gasteiger partial charge < -0.3 is 29.8 Å². The monoisotopic (exact) mass is 862 g/mol. The molecule has 5 aromatic rings. The Morgan fingerprint density at radius 1 is 0.814 bits per heavy atom. The zero-order chi connectivity index (χ0) is 41.9. The molecule has 0 spiro atoms. The molecule has 3 heterocycles. The third-order valence-electron chi connectivity index (χ3n) is 11.7. The van der Waals surface area contributed by atoms with Gasteiger partial charge in [-0.25, -0.2) is 14.4 Å². The first-order valence-corrected chi connectivity index (χ1v) is 21.3. The van der Waals surface area contributed by atoms with Crippen molar-refractivity contribution in [2.45, 2.75) is 97.1 Å². The van der Waals surface area contributed by atoms with Crippen molar-refractivity contribution in [1.82, 2.24) is 15.3 Å². The van der Waals surface area contributed by atoms with Crippen LogP contribution in [0.25, 0.3) is 22.5 Å². The standard InChI is InChI=1S/C24H24N4O2.C17H25BO3.C6H4BrF/c1-14(15-2-3-15)30-19-7-4-16(5-8-19)21-13-27-23(25)22(28-21)18-6-9-20-17(12-18)10-11-26-24(20)29;1-12(13-6-7-13)19-15-10-8-14(9-11-15)18-20-16(2,3)17(4,5)21-18;7-5-1-3-6(8)4-2-5/h4-9,12-15H,2-3,10-11H2,1H3,(H2,25,27)(H,26,29);8-13H,6-7H2,1-5H3;1-4H. The fraction of sp³-hybridized carbons (Fsp3) is 0.383. The van der Waals surface area contributed by atoms with Crippen LogP contribution in [-0.4, -0.2) is 52.9 Å². The van der Waals surface area contributed by atoms with Gasteiger partial charge in [0.15, 0.2) is 0 Å². The summed E-state index contributed by atoms with van der Waals surface area (Å²) in [7, 11) is -0.301. The molecule has 0 bridgehead atoms. The summed E-state index contributed by atoms with van der Waals surface area (Å²) in [5.41, 5.74) is 11.5. The lowest BCUT2D eigenvalue weighted by Gasteiger charge is -2.32. The number of hydrogen-bond donors (Lipinski definition) is 2. The maximum absolute atomic E-state index is 12.1. The summed E-state index contributed by atoms with van der Waals surface area (Å²) in [5, 5.41) is 2.86. The van der Waals surface area contributed by atoms with Crippen molar-refractivity contribution >= 4 is 40.2 Å². The van der Waals surface area contributed by atoms with Crippen molar-refractivity contribution in [2.24, 2.45) is 11.8 Å². The molecule has 12 heteroatoms. The highest BCUT2D eigenvalue weighted by Gasteiger charge is 2.51. The fourth-order valence-corrected chi connectivity index (χ4v) is 7.16. The highest BCUT2D eigenvalue weighted by atomic mass is 79.9. The van der Waals surface area contributed by atoms with Crippen molar-refractivity contribution in [3.63, 3.8) is 0 Å². The Balaban J connectivity index is 0.000000157. The number of rotatable bonds is 9. The van der Waals surface area contributed by atoms with Gasteiger partial charge in [0.05, 0.1) is 35.3 Å². The number of nitrogens with one attached hydrogen (secondary N) is 1. The highest BCUT2D eigenvalue weighted by molar-refractivity contribution is 9.10. The molecule has 1 aromatic heterocycles. The quantitative estimate of drug-likeness (QED) is 0.141. The summed E-state index contributed by atoms with van der Waals surface area (Å²) in [6.45, 7) is 13.2. The minimum absolute atomic E-state index is 0.0334. The Bertz CT molecular complexity index is 2190. The number of carbonyl (C=O) groups excluding carboxylic acids is 1. The van der Waals surface area contributed by atoms with E-state index in [0.29, 0.717) is 35.6 Å². The molecule has 4 aliphatic rings. The molecule has 308 valence electrons. The van der Waals surface area contributed by atoms with Crippen molar-refractivity contribution in [3.05, 3.63) is 119 Å². The van der Waals surface area contributed by atoms with Gasteiger partial charge in [-0.15, -0.1) is 0 Å². The van der Waals surface area contributed by atoms with Gasteiger partial charge in [0.2, 0.25) is 0 Å². The average molecular weight is 864 g/mol. The van der Waals surface area contributed by atoms with E-state index in [0.717, 1.165) is 56.2 Å². The van der Waals surface area contributed by atoms with Gasteiger partial charge >= 0.3 is 7.12 Å². The lowest BCUT2D eigenvalue weighted by molar-refractivity contribution is 0.00578. The molecule has 9 nitrogen and oxygen atoms in total. The second-order valence-electron chi connectivity index (χ2n) is 16.8. The summed E-state index contributed by atoms with van der Waals surface area (Å²) in [6, 6.07) is 27.9. The van der Waals surface area contributed by atoms with E-state index >= 15 is 0 Å². The Morgan fingerprint density at radius 3 is 1.90 bits per heavy atom. The molecule has 4 aromatic carbocycles. The molecule has 0 radical (unpaired) electrons. The van der Waals surface area contributed by atoms with Crippen LogP contribution in [-0.2, 0) is 15.7 Å². The van der Waals surface area contributed by atoms with Crippen LogP contribution < -0.4 is 26.0 Å². The van der Waals surface area contributed by atoms with Gasteiger partial charge in [-0.2, -0.15) is 0 Å². The molecule has 3 fully saturated rings. The van der Waals surface area contributed by atoms with E-state index in [1.807, 2.05) is 66.7 Å². The normalized spacial score (nSPS) is 18.5. The van der Waals surface area contributed by atoms with E-state index < -0.39 is 0 Å². The summed E-state index contributed by atoms with van der Waals surface area (Å²) in [5.74, 6) is 3.37. The first-order valence-electron chi connectivity index (χ1n) is 20.5. The molecule has 2 saturated carbocycles. The SMILES string of the molecule is CC(Oc1ccc(-c2cnc(N)c(-c3ccc4c(c3)CCNC4=O)n2)cc1)C1CC1.CC(Oc1ccc(B2OC(C)(C)C(C)(C)O2)cc1)C1CC1.Fc1ccc(Br)cc1. The molecule has 59 heavy (non-hydrogen) atoms. The largest absolute Gasteiger partial charge is 0.494 e. The number of anilines is 1. The lowest BCUT2D eigenvalue weighted by Crippen LogP contribution is -2.41. The molecular formula is C47H53BBrFN4O5. The molecule has 2 aliphatic carbocycles. The Labute approximate surface area is 355 Å². The summed E-state index contributed by atoms with van der Waals surface area (Å²) in [4.78, 5) is 21.1. The zero-order valence-electron chi connectivity index (χ0n) is 34.6. The number of amides is 1. The van der Waals surface area contributed by atoms with Crippen molar-refractivity contribution < 1.29 is 28.0 Å². The first-order chi connectivity index (χ1) is 28.2. The highest BCUT2D eigenvalue weighted by Crippen LogP contribution is 2.38. The number of ether oxygens (including phenoxy) is 2. The van der Waals surface area contributed by atoms with Crippen molar-refractivity contribution in [3.8, 4) is 34.0 Å². The van der Waals surface area contributed by atoms with Crippen LogP contribution in [0.3, 0.4) is 0 Å². The minimum Gasteiger partial charge on any atom is -0.490 e. The summed E-state index contributed by atoms with van der Waals surface area (Å²) < 4.78 is 37.1. The molecular weight excluding hydrogens is 810 g/mol. The molecule has 2 atom stereocenters. The number of nitrogens with zero attached hydrogens (tertiary/aromatic N) is 2. The van der Waals surface area contributed by atoms with E-state index in [-0.39, 0.29) is 36.1 Å². The van der Waals surface area contributed by atoms with Crippen LogP contribution >= 0.6 is 15.9 Å². The van der Waals surface area contributed by atoms with Crippen LogP contribution in [0.5, 0.6) is 11.5 Å². The van der Waals surface area contributed by atoms with Crippen LogP contribution in [0, 0.1) is 17.7 Å². The first kappa shape index (κ1) is 42.4. The third-order valence-corrected chi connectivity index (χ3v) is 12.2. The number of aromatic nitrogens is 2. The molecule has 9 rings (SSSR count). The number of halogens is 2. The van der Waals surface area contributed by atoms with Crippen LogP contribution in [0.1, 0.15) is 83.1 Å². The van der Waals surface area contributed by atoms with Gasteiger partial charge in [-0.05, 0) is 169 Å². The fourth-order valence-electron chi connectivity index (χ4n) is 6.89. The molecule has 3 N–H and O–H groups in total. The summed E-state index contributed by atoms with van der Waals surface area (Å²) in [6.07, 6.45) is 8.17. The minimum atomic E-state index is -0.301.